The van der Waals surface area contributed by atoms with Crippen molar-refractivity contribution in [3.8, 4) is 0 Å². The number of hydrogen-bond donors (Lipinski definition) is 0. The standard InChI is InChI=1S/C28H29NO5/c1-25(2)17-28-22-16-32-15-21(22)27(18-26(28,3)23(25)30,20-12-8-5-9-13-20)29(34-28)24(31)33-14-19-10-6-4-7-11-19/h4-13H,14-18H2,1-3H3/t26-,27+,28-/m0/s1. The van der Waals surface area contributed by atoms with Gasteiger partial charge in [0.05, 0.1) is 18.6 Å². The molecule has 5 aliphatic rings. The van der Waals surface area contributed by atoms with Crippen LogP contribution in [0.4, 0.5) is 4.79 Å². The Labute approximate surface area is 199 Å². The minimum Gasteiger partial charge on any atom is -0.443 e. The smallest absolute Gasteiger partial charge is 0.435 e. The zero-order chi connectivity index (χ0) is 23.8. The third-order valence-electron chi connectivity index (χ3n) is 8.37. The molecule has 6 nitrogen and oxygen atoms in total. The Balaban J connectivity index is 1.50. The molecule has 6 heteroatoms. The van der Waals surface area contributed by atoms with Crippen LogP contribution in [0.2, 0.25) is 0 Å². The first-order valence-electron chi connectivity index (χ1n) is 11.9. The second kappa shape index (κ2) is 7.03. The summed E-state index contributed by atoms with van der Waals surface area (Å²) in [6.45, 7) is 6.93. The van der Waals surface area contributed by atoms with E-state index in [9.17, 15) is 9.59 Å². The van der Waals surface area contributed by atoms with Gasteiger partial charge in [0, 0.05) is 5.41 Å². The van der Waals surface area contributed by atoms with E-state index < -0.39 is 28.1 Å². The molecule has 2 fully saturated rings. The molecular formula is C28H29NO5. The predicted molar refractivity (Wildman–Crippen MR) is 124 cm³/mol. The van der Waals surface area contributed by atoms with Gasteiger partial charge in [0.25, 0.3) is 0 Å². The highest BCUT2D eigenvalue weighted by Gasteiger charge is 2.78. The van der Waals surface area contributed by atoms with Gasteiger partial charge < -0.3 is 9.47 Å². The summed E-state index contributed by atoms with van der Waals surface area (Å²) in [6, 6.07) is 19.4. The van der Waals surface area contributed by atoms with Gasteiger partial charge in [-0.1, -0.05) is 74.5 Å². The summed E-state index contributed by atoms with van der Waals surface area (Å²) >= 11 is 0. The number of rotatable bonds is 3. The first-order chi connectivity index (χ1) is 16.2. The molecule has 3 heterocycles. The maximum absolute atomic E-state index is 13.8. The summed E-state index contributed by atoms with van der Waals surface area (Å²) in [5.41, 5.74) is 0.615. The molecule has 2 bridgehead atoms. The Morgan fingerprint density at radius 3 is 2.29 bits per heavy atom. The van der Waals surface area contributed by atoms with Crippen molar-refractivity contribution < 1.29 is 23.9 Å². The molecule has 176 valence electrons. The van der Waals surface area contributed by atoms with E-state index in [1.807, 2.05) is 81.4 Å². The highest BCUT2D eigenvalue weighted by atomic mass is 16.8. The normalized spacial score (nSPS) is 33.1. The van der Waals surface area contributed by atoms with Gasteiger partial charge in [-0.15, -0.1) is 0 Å². The van der Waals surface area contributed by atoms with Crippen molar-refractivity contribution >= 4 is 11.9 Å². The van der Waals surface area contributed by atoms with Crippen molar-refractivity contribution in [2.24, 2.45) is 10.8 Å². The largest absolute Gasteiger partial charge is 0.443 e. The van der Waals surface area contributed by atoms with Crippen molar-refractivity contribution in [1.82, 2.24) is 5.06 Å². The molecule has 1 saturated carbocycles. The van der Waals surface area contributed by atoms with Gasteiger partial charge in [-0.3, -0.25) is 9.63 Å². The Kier molecular flexibility index (Phi) is 4.46. The van der Waals surface area contributed by atoms with Crippen LogP contribution in [0.5, 0.6) is 0 Å². The number of amides is 1. The van der Waals surface area contributed by atoms with Gasteiger partial charge in [0.2, 0.25) is 0 Å². The van der Waals surface area contributed by atoms with Crippen LogP contribution in [0.15, 0.2) is 71.8 Å². The van der Waals surface area contributed by atoms with Crippen molar-refractivity contribution in [2.45, 2.75) is 51.4 Å². The van der Waals surface area contributed by atoms with Crippen LogP contribution in [-0.2, 0) is 31.3 Å². The third kappa shape index (κ3) is 2.58. The predicted octanol–water partition coefficient (Wildman–Crippen LogP) is 4.94. The molecule has 3 atom stereocenters. The zero-order valence-electron chi connectivity index (χ0n) is 19.8. The van der Waals surface area contributed by atoms with Gasteiger partial charge in [-0.25, -0.2) is 4.79 Å². The fraction of sp³-hybridized carbons (Fsp3) is 0.429. The summed E-state index contributed by atoms with van der Waals surface area (Å²) in [4.78, 5) is 34.3. The minimum absolute atomic E-state index is 0.140. The van der Waals surface area contributed by atoms with E-state index in [4.69, 9.17) is 14.3 Å². The Morgan fingerprint density at radius 1 is 0.941 bits per heavy atom. The number of carbonyl (C=O) groups excluding carboxylic acids is 2. The van der Waals surface area contributed by atoms with Crippen LogP contribution in [-0.4, -0.2) is 35.8 Å². The second-order valence-electron chi connectivity index (χ2n) is 10.8. The van der Waals surface area contributed by atoms with Crippen LogP contribution >= 0.6 is 0 Å². The lowest BCUT2D eigenvalue weighted by molar-refractivity contribution is -0.326. The topological polar surface area (TPSA) is 65.1 Å². The van der Waals surface area contributed by atoms with E-state index in [1.54, 1.807) is 0 Å². The molecule has 0 radical (unpaired) electrons. The first kappa shape index (κ1) is 21.6. The minimum atomic E-state index is -0.965. The molecule has 0 aromatic heterocycles. The number of hydrogen-bond acceptors (Lipinski definition) is 5. The molecule has 7 rings (SSSR count). The number of ketones is 1. The number of benzene rings is 2. The lowest BCUT2D eigenvalue weighted by atomic mass is 9.55. The number of Topliss-reactive ketones (excluding diaryl/α,β-unsaturated/α-hetero) is 1. The summed E-state index contributed by atoms with van der Waals surface area (Å²) in [7, 11) is 0. The molecule has 2 aliphatic carbocycles. The Hall–Kier alpha value is -2.96. The number of nitrogens with zero attached hydrogens (tertiary/aromatic N) is 1. The maximum atomic E-state index is 13.8. The Bertz CT molecular complexity index is 1210. The van der Waals surface area contributed by atoms with E-state index in [2.05, 4.69) is 0 Å². The fourth-order valence-corrected chi connectivity index (χ4v) is 6.96. The van der Waals surface area contributed by atoms with Gasteiger partial charge in [-0.05, 0) is 42.0 Å². The highest BCUT2D eigenvalue weighted by Crippen LogP contribution is 2.71. The SMILES string of the molecule is CC1(C)C[C@@]23ON(C(=O)OCc4ccccc4)[C@@](c4ccccc4)(C[C@@]2(C)C1=O)C1=C3COC1. The van der Waals surface area contributed by atoms with Crippen molar-refractivity contribution in [3.05, 3.63) is 82.9 Å². The van der Waals surface area contributed by atoms with E-state index in [0.29, 0.717) is 26.1 Å². The molecule has 3 aliphatic heterocycles. The summed E-state index contributed by atoms with van der Waals surface area (Å²) < 4.78 is 11.8. The molecule has 0 unspecified atom stereocenters. The Morgan fingerprint density at radius 2 is 1.59 bits per heavy atom. The quantitative estimate of drug-likeness (QED) is 0.609. The zero-order valence-corrected chi connectivity index (χ0v) is 19.8. The van der Waals surface area contributed by atoms with Crippen molar-refractivity contribution in [2.75, 3.05) is 13.2 Å². The van der Waals surface area contributed by atoms with Gasteiger partial charge in [0.1, 0.15) is 23.5 Å². The maximum Gasteiger partial charge on any atom is 0.435 e. The molecule has 0 N–H and O–H groups in total. The average molecular weight is 460 g/mol. The first-order valence-corrected chi connectivity index (χ1v) is 11.9. The van der Waals surface area contributed by atoms with Crippen molar-refractivity contribution in [3.63, 3.8) is 0 Å². The molecule has 2 aromatic carbocycles. The number of ether oxygens (including phenoxy) is 2. The fourth-order valence-electron chi connectivity index (χ4n) is 6.96. The van der Waals surface area contributed by atoms with Crippen LogP contribution in [0.25, 0.3) is 0 Å². The summed E-state index contributed by atoms with van der Waals surface area (Å²) in [5.74, 6) is 0.177. The number of hydroxylamine groups is 2. The molecule has 1 amide bonds. The summed E-state index contributed by atoms with van der Waals surface area (Å²) in [5, 5.41) is 1.43. The van der Waals surface area contributed by atoms with Crippen molar-refractivity contribution in [1.29, 1.82) is 0 Å². The average Bonchev–Trinajstić information content (AvgIpc) is 3.41. The van der Waals surface area contributed by atoms with Crippen LogP contribution in [0.1, 0.15) is 44.7 Å². The molecule has 1 spiro atoms. The molecule has 34 heavy (non-hydrogen) atoms. The monoisotopic (exact) mass is 459 g/mol. The van der Waals surface area contributed by atoms with Gasteiger partial charge in [-0.2, -0.15) is 5.06 Å². The van der Waals surface area contributed by atoms with E-state index in [0.717, 1.165) is 22.3 Å². The summed E-state index contributed by atoms with van der Waals surface area (Å²) in [6.07, 6.45) is 0.393. The third-order valence-corrected chi connectivity index (χ3v) is 8.37. The second-order valence-corrected chi connectivity index (χ2v) is 10.8. The number of fused-ring (bicyclic) bond motifs is 1. The van der Waals surface area contributed by atoms with E-state index in [1.165, 1.54) is 5.06 Å². The lowest BCUT2D eigenvalue weighted by Crippen LogP contribution is -2.71. The molecule has 2 aromatic rings. The van der Waals surface area contributed by atoms with Crippen LogP contribution in [0.3, 0.4) is 0 Å². The van der Waals surface area contributed by atoms with Crippen LogP contribution in [0, 0.1) is 10.8 Å². The van der Waals surface area contributed by atoms with Gasteiger partial charge >= 0.3 is 6.09 Å². The molecular weight excluding hydrogens is 430 g/mol. The highest BCUT2D eigenvalue weighted by molar-refractivity contribution is 5.96. The van der Waals surface area contributed by atoms with Gasteiger partial charge in [0.15, 0.2) is 0 Å². The molecule has 1 saturated heterocycles. The number of carbonyl (C=O) groups is 2. The van der Waals surface area contributed by atoms with E-state index >= 15 is 0 Å². The van der Waals surface area contributed by atoms with E-state index in [-0.39, 0.29) is 12.4 Å². The lowest BCUT2D eigenvalue weighted by Gasteiger charge is -2.62. The van der Waals surface area contributed by atoms with Crippen LogP contribution < -0.4 is 0 Å².